The Morgan fingerprint density at radius 2 is 1.24 bits per heavy atom. The summed E-state index contributed by atoms with van der Waals surface area (Å²) in [4.78, 5) is 15.5. The summed E-state index contributed by atoms with van der Waals surface area (Å²) in [5.74, 6) is -0.148. The van der Waals surface area contributed by atoms with Crippen LogP contribution < -0.4 is 14.2 Å². The van der Waals surface area contributed by atoms with Gasteiger partial charge in [0, 0.05) is 42.3 Å². The highest BCUT2D eigenvalue weighted by molar-refractivity contribution is 7.69. The second-order valence-electron chi connectivity index (χ2n) is 8.80. The highest BCUT2D eigenvalue weighted by Gasteiger charge is 2.56. The Morgan fingerprint density at radius 1 is 0.758 bits per heavy atom. The molecule has 2 saturated heterocycles. The SMILES string of the molecule is C=C1CC(P2(=O)N(c3ccc(C)cc3)CCN2c2ccc(C)cc2)C(=O)N1c1ccccc1. The van der Waals surface area contributed by atoms with E-state index in [2.05, 4.69) is 6.58 Å². The first kappa shape index (κ1) is 21.5. The fourth-order valence-electron chi connectivity index (χ4n) is 4.82. The first-order valence-corrected chi connectivity index (χ1v) is 12.9. The summed E-state index contributed by atoms with van der Waals surface area (Å²) in [5.41, 5.74) is 4.82. The Morgan fingerprint density at radius 3 is 1.73 bits per heavy atom. The van der Waals surface area contributed by atoms with Crippen LogP contribution in [0.4, 0.5) is 17.1 Å². The molecule has 33 heavy (non-hydrogen) atoms. The number of rotatable bonds is 4. The predicted octanol–water partition coefficient (Wildman–Crippen LogP) is 6.14. The molecule has 5 nitrogen and oxygen atoms in total. The van der Waals surface area contributed by atoms with Gasteiger partial charge in [-0.2, -0.15) is 0 Å². The van der Waals surface area contributed by atoms with Gasteiger partial charge < -0.3 is 9.34 Å². The maximum Gasteiger partial charge on any atom is 0.275 e. The van der Waals surface area contributed by atoms with Crippen molar-refractivity contribution in [1.82, 2.24) is 0 Å². The number of benzene rings is 3. The van der Waals surface area contributed by atoms with Gasteiger partial charge in [-0.15, -0.1) is 0 Å². The summed E-state index contributed by atoms with van der Waals surface area (Å²) in [6.07, 6.45) is 0.371. The van der Waals surface area contributed by atoms with Crippen LogP contribution in [-0.4, -0.2) is 24.7 Å². The number of para-hydroxylation sites is 1. The van der Waals surface area contributed by atoms with Crippen molar-refractivity contribution in [2.24, 2.45) is 0 Å². The van der Waals surface area contributed by atoms with E-state index in [0.717, 1.165) is 28.2 Å². The summed E-state index contributed by atoms with van der Waals surface area (Å²) in [6.45, 7) is 9.44. The molecular weight excluding hydrogens is 429 g/mol. The number of aryl methyl sites for hydroxylation is 2. The van der Waals surface area contributed by atoms with E-state index in [1.165, 1.54) is 0 Å². The van der Waals surface area contributed by atoms with Gasteiger partial charge >= 0.3 is 0 Å². The van der Waals surface area contributed by atoms with Crippen molar-refractivity contribution in [1.29, 1.82) is 0 Å². The van der Waals surface area contributed by atoms with E-state index in [-0.39, 0.29) is 5.91 Å². The van der Waals surface area contributed by atoms with E-state index >= 15 is 4.57 Å². The molecule has 0 N–H and O–H groups in total. The van der Waals surface area contributed by atoms with Crippen LogP contribution in [-0.2, 0) is 9.36 Å². The van der Waals surface area contributed by atoms with Gasteiger partial charge in [0.15, 0.2) is 0 Å². The molecule has 2 fully saturated rings. The van der Waals surface area contributed by atoms with Crippen LogP contribution in [0.3, 0.4) is 0 Å². The van der Waals surface area contributed by atoms with Crippen molar-refractivity contribution >= 4 is 30.4 Å². The van der Waals surface area contributed by atoms with Gasteiger partial charge in [0.25, 0.3) is 7.44 Å². The van der Waals surface area contributed by atoms with Crippen LogP contribution in [0.15, 0.2) is 91.1 Å². The van der Waals surface area contributed by atoms with Crippen molar-refractivity contribution < 1.29 is 9.36 Å². The Labute approximate surface area is 195 Å². The molecule has 0 radical (unpaired) electrons. The Kier molecular flexibility index (Phi) is 5.38. The average Bonchev–Trinajstić information content (AvgIpc) is 3.32. The van der Waals surface area contributed by atoms with Crippen molar-refractivity contribution in [3.05, 3.63) is 102 Å². The third-order valence-corrected chi connectivity index (χ3v) is 10.0. The van der Waals surface area contributed by atoms with Crippen LogP contribution in [0.1, 0.15) is 17.5 Å². The number of nitrogens with zero attached hydrogens (tertiary/aromatic N) is 3. The molecule has 2 aliphatic heterocycles. The largest absolute Gasteiger partial charge is 0.304 e. The van der Waals surface area contributed by atoms with Crippen LogP contribution in [0.2, 0.25) is 0 Å². The molecule has 0 aliphatic carbocycles. The zero-order valence-electron chi connectivity index (χ0n) is 19.0. The molecule has 3 aromatic carbocycles. The molecule has 0 saturated carbocycles. The Bertz CT molecular complexity index is 1180. The van der Waals surface area contributed by atoms with Crippen molar-refractivity contribution in [2.75, 3.05) is 27.3 Å². The van der Waals surface area contributed by atoms with Crippen LogP contribution in [0.5, 0.6) is 0 Å². The lowest BCUT2D eigenvalue weighted by atomic mass is 10.2. The van der Waals surface area contributed by atoms with E-state index in [1.54, 1.807) is 4.90 Å². The fourth-order valence-corrected chi connectivity index (χ4v) is 8.29. The van der Waals surface area contributed by atoms with Gasteiger partial charge in [-0.1, -0.05) is 60.2 Å². The molecule has 1 amide bonds. The number of hydrogen-bond donors (Lipinski definition) is 0. The number of amides is 1. The van der Waals surface area contributed by atoms with Crippen molar-refractivity contribution in [3.63, 3.8) is 0 Å². The number of carbonyl (C=O) groups excluding carboxylic acids is 1. The standard InChI is InChI=1S/C27H28N3O2P/c1-20-9-13-23(14-10-20)28-17-18-29(24-15-11-21(2)12-16-24)33(28,32)26-19-22(3)30(27(26)31)25-7-5-4-6-8-25/h4-16,26H,3,17-19H2,1-2H3. The average molecular weight is 458 g/mol. The molecular formula is C27H28N3O2P. The molecule has 2 aliphatic rings. The minimum absolute atomic E-state index is 0.148. The smallest absolute Gasteiger partial charge is 0.275 e. The molecule has 1 atom stereocenters. The second-order valence-corrected chi connectivity index (χ2v) is 11.6. The van der Waals surface area contributed by atoms with Crippen LogP contribution >= 0.6 is 7.44 Å². The quantitative estimate of drug-likeness (QED) is 0.441. The first-order chi connectivity index (χ1) is 15.9. The second kappa shape index (κ2) is 8.24. The van der Waals surface area contributed by atoms with Crippen LogP contribution in [0.25, 0.3) is 0 Å². The number of carbonyl (C=O) groups is 1. The normalized spacial score (nSPS) is 20.1. The van der Waals surface area contributed by atoms with Gasteiger partial charge in [-0.05, 0) is 50.2 Å². The molecule has 6 heteroatoms. The van der Waals surface area contributed by atoms with Gasteiger partial charge in [-0.3, -0.25) is 14.3 Å². The summed E-state index contributed by atoms with van der Waals surface area (Å²) >= 11 is 0. The predicted molar refractivity (Wildman–Crippen MR) is 136 cm³/mol. The molecule has 0 bridgehead atoms. The van der Waals surface area contributed by atoms with Crippen LogP contribution in [0, 0.1) is 13.8 Å². The fraction of sp³-hybridized carbons (Fsp3) is 0.222. The third kappa shape index (κ3) is 3.57. The monoisotopic (exact) mass is 457 g/mol. The highest BCUT2D eigenvalue weighted by Crippen LogP contribution is 2.66. The lowest BCUT2D eigenvalue weighted by Gasteiger charge is -2.35. The summed E-state index contributed by atoms with van der Waals surface area (Å²) in [6, 6.07) is 25.6. The topological polar surface area (TPSA) is 43.9 Å². The molecule has 3 aromatic rings. The van der Waals surface area contributed by atoms with Crippen molar-refractivity contribution in [2.45, 2.75) is 25.9 Å². The van der Waals surface area contributed by atoms with Crippen molar-refractivity contribution in [3.8, 4) is 0 Å². The third-order valence-electron chi connectivity index (χ3n) is 6.55. The van der Waals surface area contributed by atoms with E-state index in [1.807, 2.05) is 102 Å². The van der Waals surface area contributed by atoms with E-state index < -0.39 is 13.1 Å². The van der Waals surface area contributed by atoms with Gasteiger partial charge in [0.2, 0.25) is 5.91 Å². The number of allylic oxidation sites excluding steroid dienone is 1. The van der Waals surface area contributed by atoms with Gasteiger partial charge in [-0.25, -0.2) is 0 Å². The lowest BCUT2D eigenvalue weighted by Crippen LogP contribution is -2.35. The molecule has 0 spiro atoms. The molecule has 168 valence electrons. The van der Waals surface area contributed by atoms with E-state index in [0.29, 0.717) is 25.2 Å². The molecule has 0 aromatic heterocycles. The molecule has 1 unspecified atom stereocenters. The maximum absolute atomic E-state index is 15.1. The molecule has 5 rings (SSSR count). The summed E-state index contributed by atoms with van der Waals surface area (Å²) in [7, 11) is -3.35. The Balaban J connectivity index is 1.60. The zero-order valence-corrected chi connectivity index (χ0v) is 19.9. The zero-order chi connectivity index (χ0) is 23.2. The minimum Gasteiger partial charge on any atom is -0.304 e. The highest BCUT2D eigenvalue weighted by atomic mass is 31.2. The summed E-state index contributed by atoms with van der Waals surface area (Å²) < 4.78 is 19.1. The minimum atomic E-state index is -3.35. The first-order valence-electron chi connectivity index (χ1n) is 11.3. The molecule has 2 heterocycles. The number of anilines is 3. The van der Waals surface area contributed by atoms with Gasteiger partial charge in [0.1, 0.15) is 5.66 Å². The summed E-state index contributed by atoms with van der Waals surface area (Å²) in [5, 5.41) is 0. The number of hydrogen-bond acceptors (Lipinski definition) is 2. The van der Waals surface area contributed by atoms with E-state index in [4.69, 9.17) is 0 Å². The van der Waals surface area contributed by atoms with E-state index in [9.17, 15) is 4.79 Å². The maximum atomic E-state index is 15.1. The Hall–Kier alpha value is -3.30. The van der Waals surface area contributed by atoms with Gasteiger partial charge in [0.05, 0.1) is 0 Å². The lowest BCUT2D eigenvalue weighted by molar-refractivity contribution is -0.116.